The zero-order valence-corrected chi connectivity index (χ0v) is 9.63. The molecule has 0 radical (unpaired) electrons. The summed E-state index contributed by atoms with van der Waals surface area (Å²) in [5.74, 6) is 0.121. The van der Waals surface area contributed by atoms with Gasteiger partial charge in [-0.25, -0.2) is 0 Å². The predicted molar refractivity (Wildman–Crippen MR) is 56.6 cm³/mol. The fourth-order valence-corrected chi connectivity index (χ4v) is 4.85. The minimum Gasteiger partial charge on any atom is -0.296 e. The summed E-state index contributed by atoms with van der Waals surface area (Å²) in [4.78, 5) is 11.9. The van der Waals surface area contributed by atoms with E-state index in [1.165, 1.54) is 19.3 Å². The van der Waals surface area contributed by atoms with Crippen LogP contribution in [0.25, 0.3) is 0 Å². The van der Waals surface area contributed by atoms with Crippen molar-refractivity contribution in [3.8, 4) is 0 Å². The summed E-state index contributed by atoms with van der Waals surface area (Å²) in [6.07, 6.45) is 7.85. The Labute approximate surface area is 94.1 Å². The van der Waals surface area contributed by atoms with Gasteiger partial charge in [0.25, 0.3) is 0 Å². The van der Waals surface area contributed by atoms with Gasteiger partial charge < -0.3 is 0 Å². The lowest BCUT2D eigenvalue weighted by atomic mass is 9.50. The van der Waals surface area contributed by atoms with Crippen LogP contribution in [0.3, 0.4) is 0 Å². The van der Waals surface area contributed by atoms with Crippen LogP contribution in [0.1, 0.15) is 44.9 Å². The molecular weight excluding hydrogens is 219 g/mol. The van der Waals surface area contributed by atoms with Crippen molar-refractivity contribution < 1.29 is 4.79 Å². The van der Waals surface area contributed by atoms with E-state index in [9.17, 15) is 4.79 Å². The van der Waals surface area contributed by atoms with Crippen LogP contribution in [0.4, 0.5) is 0 Å². The zero-order chi connectivity index (χ0) is 10.0. The van der Waals surface area contributed by atoms with E-state index in [0.717, 1.165) is 25.7 Å². The molecule has 0 atom stereocenters. The largest absolute Gasteiger partial charge is 0.296 e. The average molecular weight is 233 g/mol. The number of carbonyl (C=O) groups excluding carboxylic acids is 1. The van der Waals surface area contributed by atoms with Crippen LogP contribution in [-0.2, 0) is 4.79 Å². The van der Waals surface area contributed by atoms with Gasteiger partial charge in [0, 0.05) is 10.8 Å². The molecule has 0 saturated heterocycles. The normalized spacial score (nSPS) is 35.7. The van der Waals surface area contributed by atoms with Gasteiger partial charge in [-0.1, -0.05) is 42.5 Å². The molecular formula is C11H14Cl2O. The first-order chi connectivity index (χ1) is 6.57. The Morgan fingerprint density at radius 2 is 1.50 bits per heavy atom. The van der Waals surface area contributed by atoms with Gasteiger partial charge in [0.1, 0.15) is 0 Å². The lowest BCUT2D eigenvalue weighted by Crippen LogP contribution is -2.67. The summed E-state index contributed by atoms with van der Waals surface area (Å²) in [5, 5.41) is 0. The van der Waals surface area contributed by atoms with Crippen molar-refractivity contribution >= 4 is 29.0 Å². The summed E-state index contributed by atoms with van der Waals surface area (Å²) in [5.41, 5.74) is -0.116. The molecule has 0 N–H and O–H groups in total. The highest BCUT2D eigenvalue weighted by atomic mass is 35.5. The fourth-order valence-electron chi connectivity index (χ4n) is 3.75. The van der Waals surface area contributed by atoms with Gasteiger partial charge in [-0.05, 0) is 25.7 Å². The highest BCUT2D eigenvalue weighted by Gasteiger charge is 2.83. The van der Waals surface area contributed by atoms with E-state index < -0.39 is 4.33 Å². The molecule has 0 unspecified atom stereocenters. The van der Waals surface area contributed by atoms with Crippen molar-refractivity contribution in [2.45, 2.75) is 49.3 Å². The quantitative estimate of drug-likeness (QED) is 0.585. The Balaban J connectivity index is 2.00. The van der Waals surface area contributed by atoms with Crippen molar-refractivity contribution in [2.75, 3.05) is 0 Å². The SMILES string of the molecule is O=C1C(Cl)(Cl)C2(CCCCC2)C12CC2. The van der Waals surface area contributed by atoms with Crippen LogP contribution < -0.4 is 0 Å². The second-order valence-corrected chi connectivity index (χ2v) is 6.46. The van der Waals surface area contributed by atoms with Gasteiger partial charge in [0.2, 0.25) is 0 Å². The smallest absolute Gasteiger partial charge is 0.183 e. The van der Waals surface area contributed by atoms with Crippen LogP contribution >= 0.6 is 23.2 Å². The molecule has 0 heterocycles. The number of carbonyl (C=O) groups is 1. The third-order valence-corrected chi connectivity index (χ3v) is 5.76. The lowest BCUT2D eigenvalue weighted by molar-refractivity contribution is -0.153. The maximum absolute atomic E-state index is 11.9. The van der Waals surface area contributed by atoms with E-state index in [4.69, 9.17) is 23.2 Å². The molecule has 2 spiro atoms. The standard InChI is InChI=1S/C11H14Cl2O/c12-11(13)8(14)9(6-7-9)10(11)4-2-1-3-5-10/h1-7H2. The summed E-state index contributed by atoms with van der Waals surface area (Å²) < 4.78 is -1.05. The van der Waals surface area contributed by atoms with E-state index >= 15 is 0 Å². The molecule has 0 aromatic heterocycles. The minimum absolute atomic E-state index is 0.0432. The molecule has 0 aromatic rings. The van der Waals surface area contributed by atoms with Crippen LogP contribution in [0.5, 0.6) is 0 Å². The Bertz CT molecular complexity index is 288. The van der Waals surface area contributed by atoms with E-state index in [0.29, 0.717) is 0 Å². The van der Waals surface area contributed by atoms with Gasteiger partial charge in [-0.15, -0.1) is 0 Å². The fraction of sp³-hybridized carbons (Fsp3) is 0.909. The first-order valence-electron chi connectivity index (χ1n) is 5.50. The molecule has 1 nitrogen and oxygen atoms in total. The Kier molecular flexibility index (Phi) is 1.69. The monoisotopic (exact) mass is 232 g/mol. The van der Waals surface area contributed by atoms with Crippen molar-refractivity contribution in [3.63, 3.8) is 0 Å². The maximum Gasteiger partial charge on any atom is 0.183 e. The first-order valence-corrected chi connectivity index (χ1v) is 6.25. The number of Topliss-reactive ketones (excluding diaryl/α,β-unsaturated/α-hetero) is 1. The van der Waals surface area contributed by atoms with E-state index in [2.05, 4.69) is 0 Å². The molecule has 3 fully saturated rings. The number of hydrogen-bond donors (Lipinski definition) is 0. The van der Waals surface area contributed by atoms with Gasteiger partial charge in [-0.2, -0.15) is 0 Å². The minimum atomic E-state index is -1.05. The molecule has 0 bridgehead atoms. The van der Waals surface area contributed by atoms with Gasteiger partial charge in [-0.3, -0.25) is 4.79 Å². The first kappa shape index (κ1) is 9.47. The molecule has 14 heavy (non-hydrogen) atoms. The second kappa shape index (κ2) is 2.49. The molecule has 3 aliphatic rings. The topological polar surface area (TPSA) is 17.1 Å². The number of halogens is 2. The molecule has 3 saturated carbocycles. The van der Waals surface area contributed by atoms with E-state index in [1.54, 1.807) is 0 Å². The molecule has 0 amide bonds. The van der Waals surface area contributed by atoms with Gasteiger partial charge >= 0.3 is 0 Å². The van der Waals surface area contributed by atoms with Crippen molar-refractivity contribution in [1.29, 1.82) is 0 Å². The zero-order valence-electron chi connectivity index (χ0n) is 8.11. The second-order valence-electron chi connectivity index (χ2n) is 5.13. The lowest BCUT2D eigenvalue weighted by Gasteiger charge is -2.59. The molecule has 0 aliphatic heterocycles. The van der Waals surface area contributed by atoms with Crippen LogP contribution in [0, 0.1) is 10.8 Å². The van der Waals surface area contributed by atoms with Crippen molar-refractivity contribution in [2.24, 2.45) is 10.8 Å². The summed E-state index contributed by atoms with van der Waals surface area (Å²) >= 11 is 12.5. The van der Waals surface area contributed by atoms with Crippen LogP contribution in [0.15, 0.2) is 0 Å². The highest BCUT2D eigenvalue weighted by molar-refractivity contribution is 6.62. The maximum atomic E-state index is 11.9. The number of rotatable bonds is 0. The van der Waals surface area contributed by atoms with E-state index in [-0.39, 0.29) is 16.6 Å². The molecule has 3 heteroatoms. The average Bonchev–Trinajstić information content (AvgIpc) is 2.99. The third-order valence-electron chi connectivity index (χ3n) is 4.69. The number of fused-ring (bicyclic) bond motifs is 1. The molecule has 3 rings (SSSR count). The Morgan fingerprint density at radius 3 is 2.00 bits per heavy atom. The highest BCUT2D eigenvalue weighted by Crippen LogP contribution is 2.80. The summed E-state index contributed by atoms with van der Waals surface area (Å²) in [6.45, 7) is 0. The number of hydrogen-bond acceptors (Lipinski definition) is 1. The molecule has 0 aromatic carbocycles. The molecule has 3 aliphatic carbocycles. The van der Waals surface area contributed by atoms with Crippen LogP contribution in [0.2, 0.25) is 0 Å². The van der Waals surface area contributed by atoms with Crippen molar-refractivity contribution in [1.82, 2.24) is 0 Å². The predicted octanol–water partition coefficient (Wildman–Crippen LogP) is 3.47. The Hall–Kier alpha value is 0.250. The van der Waals surface area contributed by atoms with E-state index in [1.807, 2.05) is 0 Å². The third kappa shape index (κ3) is 0.757. The summed E-state index contributed by atoms with van der Waals surface area (Å²) in [7, 11) is 0. The summed E-state index contributed by atoms with van der Waals surface area (Å²) in [6, 6.07) is 0. The van der Waals surface area contributed by atoms with Gasteiger partial charge in [0.05, 0.1) is 0 Å². The van der Waals surface area contributed by atoms with Gasteiger partial charge in [0.15, 0.2) is 10.1 Å². The van der Waals surface area contributed by atoms with Crippen molar-refractivity contribution in [3.05, 3.63) is 0 Å². The molecule has 78 valence electrons. The number of ketones is 1. The Morgan fingerprint density at radius 1 is 0.929 bits per heavy atom. The number of alkyl halides is 2. The van der Waals surface area contributed by atoms with Crippen LogP contribution in [-0.4, -0.2) is 10.1 Å².